The second kappa shape index (κ2) is 6.63. The summed E-state index contributed by atoms with van der Waals surface area (Å²) in [6.45, 7) is 1.26. The first-order valence-electron chi connectivity index (χ1n) is 8.39. The van der Waals surface area contributed by atoms with Crippen LogP contribution in [0.4, 0.5) is 0 Å². The van der Waals surface area contributed by atoms with Crippen LogP contribution in [0, 0.1) is 0 Å². The quantitative estimate of drug-likeness (QED) is 0.713. The number of nitrogens with two attached hydrogens (primary N) is 1. The van der Waals surface area contributed by atoms with E-state index in [1.54, 1.807) is 24.3 Å². The van der Waals surface area contributed by atoms with Crippen molar-refractivity contribution in [3.8, 4) is 5.69 Å². The minimum absolute atomic E-state index is 0.279. The van der Waals surface area contributed by atoms with Gasteiger partial charge < -0.3 is 10.6 Å². The third-order valence-electron chi connectivity index (χ3n) is 4.71. The maximum absolute atomic E-state index is 13.3. The number of hydrogen-bond donors (Lipinski definition) is 1. The monoisotopic (exact) mass is 404 g/mol. The molecular weight excluding hydrogens is 388 g/mol. The van der Waals surface area contributed by atoms with Crippen molar-refractivity contribution in [1.29, 1.82) is 0 Å². The minimum Gasteiger partial charge on any atom is -0.368 e. The SMILES string of the molecule is CN1CCc2c(sc3c2c(=O)n(-c2ccc(Cl)cc2)c(=O)n3CC(N)=O)C1. The van der Waals surface area contributed by atoms with Crippen molar-refractivity contribution < 1.29 is 4.79 Å². The Morgan fingerprint density at radius 1 is 1.26 bits per heavy atom. The fraction of sp³-hybridized carbons (Fsp3) is 0.278. The van der Waals surface area contributed by atoms with E-state index in [1.165, 1.54) is 15.9 Å². The Kier molecular flexibility index (Phi) is 4.41. The second-order valence-corrected chi connectivity index (χ2v) is 8.14. The Labute approximate surface area is 163 Å². The van der Waals surface area contributed by atoms with Gasteiger partial charge in [-0.2, -0.15) is 0 Å². The van der Waals surface area contributed by atoms with E-state index in [4.69, 9.17) is 17.3 Å². The standard InChI is InChI=1S/C18H17ClN4O3S/c1-21-7-6-12-13(8-21)27-17-15(12)16(25)23(11-4-2-10(19)3-5-11)18(26)22(17)9-14(20)24/h2-5H,6-9H2,1H3,(H2,20,24). The van der Waals surface area contributed by atoms with Crippen LogP contribution in [-0.2, 0) is 24.3 Å². The number of amides is 1. The molecule has 0 atom stereocenters. The number of carbonyl (C=O) groups excluding carboxylic acids is 1. The lowest BCUT2D eigenvalue weighted by atomic mass is 10.1. The molecule has 1 amide bonds. The van der Waals surface area contributed by atoms with Gasteiger partial charge in [-0.3, -0.25) is 14.2 Å². The number of rotatable bonds is 3. The van der Waals surface area contributed by atoms with E-state index >= 15 is 0 Å². The van der Waals surface area contributed by atoms with E-state index in [-0.39, 0.29) is 12.1 Å². The Morgan fingerprint density at radius 2 is 1.96 bits per heavy atom. The van der Waals surface area contributed by atoms with E-state index < -0.39 is 11.6 Å². The highest BCUT2D eigenvalue weighted by Gasteiger charge is 2.25. The molecule has 9 heteroatoms. The molecule has 0 radical (unpaired) electrons. The summed E-state index contributed by atoms with van der Waals surface area (Å²) in [6, 6.07) is 6.45. The normalized spacial score (nSPS) is 14.4. The highest BCUT2D eigenvalue weighted by Crippen LogP contribution is 2.32. The molecule has 0 unspecified atom stereocenters. The fourth-order valence-electron chi connectivity index (χ4n) is 3.45. The zero-order valence-electron chi connectivity index (χ0n) is 14.6. The number of nitrogens with zero attached hydrogens (tertiary/aromatic N) is 3. The van der Waals surface area contributed by atoms with Gasteiger partial charge in [-0.25, -0.2) is 9.36 Å². The van der Waals surface area contributed by atoms with E-state index in [0.717, 1.165) is 28.0 Å². The molecule has 1 aliphatic rings. The molecule has 0 saturated heterocycles. The largest absolute Gasteiger partial charge is 0.368 e. The lowest BCUT2D eigenvalue weighted by molar-refractivity contribution is -0.118. The number of thiophene rings is 1. The smallest absolute Gasteiger partial charge is 0.337 e. The number of hydrogen-bond acceptors (Lipinski definition) is 5. The highest BCUT2D eigenvalue weighted by molar-refractivity contribution is 7.18. The van der Waals surface area contributed by atoms with E-state index in [2.05, 4.69) is 4.90 Å². The lowest BCUT2D eigenvalue weighted by Gasteiger charge is -2.21. The summed E-state index contributed by atoms with van der Waals surface area (Å²) >= 11 is 7.32. The summed E-state index contributed by atoms with van der Waals surface area (Å²) in [4.78, 5) is 41.7. The fourth-order valence-corrected chi connectivity index (χ4v) is 4.98. The van der Waals surface area contributed by atoms with Crippen LogP contribution in [0.15, 0.2) is 33.9 Å². The van der Waals surface area contributed by atoms with Crippen molar-refractivity contribution in [3.05, 3.63) is 60.6 Å². The van der Waals surface area contributed by atoms with Crippen LogP contribution in [0.3, 0.4) is 0 Å². The zero-order valence-corrected chi connectivity index (χ0v) is 16.1. The number of fused-ring (bicyclic) bond motifs is 3. The molecule has 0 bridgehead atoms. The van der Waals surface area contributed by atoms with Crippen molar-refractivity contribution in [2.45, 2.75) is 19.5 Å². The Balaban J connectivity index is 2.10. The van der Waals surface area contributed by atoms with Crippen LogP contribution in [0.25, 0.3) is 15.9 Å². The maximum atomic E-state index is 13.3. The summed E-state index contributed by atoms with van der Waals surface area (Å²) in [7, 11) is 2.01. The van der Waals surface area contributed by atoms with Crippen LogP contribution in [0.2, 0.25) is 5.02 Å². The van der Waals surface area contributed by atoms with Crippen LogP contribution in [-0.4, -0.2) is 33.5 Å². The number of aromatic nitrogens is 2. The van der Waals surface area contributed by atoms with Gasteiger partial charge in [0.1, 0.15) is 11.4 Å². The predicted molar refractivity (Wildman–Crippen MR) is 106 cm³/mol. The average Bonchev–Trinajstić information content (AvgIpc) is 2.98. The topological polar surface area (TPSA) is 90.3 Å². The van der Waals surface area contributed by atoms with Gasteiger partial charge in [0, 0.05) is 23.0 Å². The summed E-state index contributed by atoms with van der Waals surface area (Å²) in [6.07, 6.45) is 0.719. The molecule has 1 aliphatic heterocycles. The predicted octanol–water partition coefficient (Wildman–Crippen LogP) is 1.34. The van der Waals surface area contributed by atoms with Gasteiger partial charge in [-0.1, -0.05) is 11.6 Å². The minimum atomic E-state index is -0.636. The first-order valence-corrected chi connectivity index (χ1v) is 9.59. The number of carbonyl (C=O) groups is 1. The number of halogens is 1. The van der Waals surface area contributed by atoms with Gasteiger partial charge in [-0.05, 0) is 43.3 Å². The maximum Gasteiger partial charge on any atom is 0.337 e. The molecular formula is C18H17ClN4O3S. The molecule has 0 fully saturated rings. The molecule has 7 nitrogen and oxygen atoms in total. The number of likely N-dealkylation sites (N-methyl/N-ethyl adjacent to an activating group) is 1. The summed E-state index contributed by atoms with van der Waals surface area (Å²) in [5, 5.41) is 1.00. The molecule has 0 aliphatic carbocycles. The zero-order chi connectivity index (χ0) is 19.3. The van der Waals surface area contributed by atoms with Crippen molar-refractivity contribution in [2.75, 3.05) is 13.6 Å². The Bertz CT molecular complexity index is 1180. The molecule has 3 aromatic rings. The van der Waals surface area contributed by atoms with Gasteiger partial charge in [0.15, 0.2) is 0 Å². The highest BCUT2D eigenvalue weighted by atomic mass is 35.5. The summed E-state index contributed by atoms with van der Waals surface area (Å²) in [5.74, 6) is -0.636. The molecule has 0 saturated carbocycles. The molecule has 1 aromatic carbocycles. The molecule has 0 spiro atoms. The van der Waals surface area contributed by atoms with Crippen LogP contribution < -0.4 is 17.0 Å². The molecule has 4 rings (SSSR count). The molecule has 2 N–H and O–H groups in total. The van der Waals surface area contributed by atoms with Crippen LogP contribution in [0.5, 0.6) is 0 Å². The number of primary amides is 1. The third kappa shape index (κ3) is 2.99. The van der Waals surface area contributed by atoms with Gasteiger partial charge in [0.25, 0.3) is 5.56 Å². The molecule has 27 heavy (non-hydrogen) atoms. The third-order valence-corrected chi connectivity index (χ3v) is 6.20. The van der Waals surface area contributed by atoms with Gasteiger partial charge in [0.2, 0.25) is 5.91 Å². The Hall–Kier alpha value is -2.42. The Morgan fingerprint density at radius 3 is 2.63 bits per heavy atom. The van der Waals surface area contributed by atoms with Gasteiger partial charge in [0.05, 0.1) is 11.1 Å². The van der Waals surface area contributed by atoms with Gasteiger partial charge >= 0.3 is 5.69 Å². The van der Waals surface area contributed by atoms with Crippen molar-refractivity contribution in [2.24, 2.45) is 5.73 Å². The first kappa shape index (κ1) is 18.0. The second-order valence-electron chi connectivity index (χ2n) is 6.62. The number of benzene rings is 1. The van der Waals surface area contributed by atoms with Crippen LogP contribution >= 0.6 is 22.9 Å². The average molecular weight is 405 g/mol. The van der Waals surface area contributed by atoms with E-state index in [0.29, 0.717) is 27.5 Å². The molecule has 2 aromatic heterocycles. The van der Waals surface area contributed by atoms with Crippen molar-refractivity contribution >= 4 is 39.1 Å². The van der Waals surface area contributed by atoms with E-state index in [9.17, 15) is 14.4 Å². The molecule has 3 heterocycles. The summed E-state index contributed by atoms with van der Waals surface area (Å²) < 4.78 is 2.39. The summed E-state index contributed by atoms with van der Waals surface area (Å²) in [5.41, 5.74) is 5.77. The van der Waals surface area contributed by atoms with Gasteiger partial charge in [-0.15, -0.1) is 11.3 Å². The van der Waals surface area contributed by atoms with E-state index in [1.807, 2.05) is 7.05 Å². The first-order chi connectivity index (χ1) is 12.9. The lowest BCUT2D eigenvalue weighted by Crippen LogP contribution is -2.40. The van der Waals surface area contributed by atoms with Crippen molar-refractivity contribution in [3.63, 3.8) is 0 Å². The molecule has 140 valence electrons. The van der Waals surface area contributed by atoms with Crippen LogP contribution in [0.1, 0.15) is 10.4 Å². The van der Waals surface area contributed by atoms with Crippen molar-refractivity contribution in [1.82, 2.24) is 14.0 Å².